The first-order valence-corrected chi connectivity index (χ1v) is 6.44. The summed E-state index contributed by atoms with van der Waals surface area (Å²) in [5.74, 6) is -0.130. The van der Waals surface area contributed by atoms with E-state index in [4.69, 9.17) is 5.73 Å². The third-order valence-corrected chi connectivity index (χ3v) is 3.77. The Bertz CT molecular complexity index is 659. The van der Waals surface area contributed by atoms with Crippen molar-refractivity contribution in [1.82, 2.24) is 24.5 Å². The van der Waals surface area contributed by atoms with E-state index in [1.165, 1.54) is 6.33 Å². The zero-order chi connectivity index (χ0) is 14.4. The summed E-state index contributed by atoms with van der Waals surface area (Å²) in [4.78, 5) is 16.1. The van der Waals surface area contributed by atoms with Crippen LogP contribution in [0.1, 0.15) is 24.2 Å². The van der Waals surface area contributed by atoms with E-state index in [-0.39, 0.29) is 18.0 Å². The smallest absolute Gasteiger partial charge is 0.225 e. The minimum atomic E-state index is -0.410. The SMILES string of the molecule is Cc1nn(C)cc1[C@@H]1[C@@H](C(N)=O)[C@@H](C)Nc2ncnn21. The summed E-state index contributed by atoms with van der Waals surface area (Å²) in [6.07, 6.45) is 3.37. The van der Waals surface area contributed by atoms with Crippen LogP contribution in [0.5, 0.6) is 0 Å². The number of hydrogen-bond acceptors (Lipinski definition) is 5. The molecule has 0 spiro atoms. The number of hydrogen-bond donors (Lipinski definition) is 2. The van der Waals surface area contributed by atoms with Gasteiger partial charge >= 0.3 is 0 Å². The van der Waals surface area contributed by atoms with E-state index in [0.717, 1.165) is 11.3 Å². The predicted molar refractivity (Wildman–Crippen MR) is 71.9 cm³/mol. The van der Waals surface area contributed by atoms with E-state index in [0.29, 0.717) is 5.95 Å². The Kier molecular flexibility index (Phi) is 2.73. The molecule has 0 unspecified atom stereocenters. The molecule has 2 aromatic heterocycles. The Morgan fingerprint density at radius 3 is 2.85 bits per heavy atom. The van der Waals surface area contributed by atoms with Crippen molar-refractivity contribution in [3.8, 4) is 0 Å². The molecule has 0 saturated heterocycles. The first-order valence-electron chi connectivity index (χ1n) is 6.44. The van der Waals surface area contributed by atoms with Crippen LogP contribution in [0.15, 0.2) is 12.5 Å². The Morgan fingerprint density at radius 2 is 2.25 bits per heavy atom. The monoisotopic (exact) mass is 275 g/mol. The molecule has 1 aliphatic rings. The molecular weight excluding hydrogens is 258 g/mol. The molecule has 0 fully saturated rings. The van der Waals surface area contributed by atoms with E-state index in [1.54, 1.807) is 9.36 Å². The van der Waals surface area contributed by atoms with Crippen molar-refractivity contribution in [3.05, 3.63) is 23.8 Å². The third kappa shape index (κ3) is 1.75. The lowest BCUT2D eigenvalue weighted by molar-refractivity contribution is -0.123. The number of aromatic nitrogens is 5. The zero-order valence-electron chi connectivity index (χ0n) is 11.6. The Hall–Kier alpha value is -2.38. The van der Waals surface area contributed by atoms with Gasteiger partial charge in [0.15, 0.2) is 0 Å². The molecule has 0 aromatic carbocycles. The number of nitrogens with one attached hydrogen (secondary N) is 1. The number of carbonyl (C=O) groups is 1. The summed E-state index contributed by atoms with van der Waals surface area (Å²) in [6, 6.07) is -0.399. The fourth-order valence-corrected chi connectivity index (χ4v) is 2.91. The molecule has 3 heterocycles. The highest BCUT2D eigenvalue weighted by Gasteiger charge is 2.41. The summed E-state index contributed by atoms with van der Waals surface area (Å²) in [6.45, 7) is 3.84. The highest BCUT2D eigenvalue weighted by molar-refractivity contribution is 5.79. The lowest BCUT2D eigenvalue weighted by atomic mass is 9.86. The second-order valence-electron chi connectivity index (χ2n) is 5.18. The summed E-state index contributed by atoms with van der Waals surface area (Å²) in [5, 5.41) is 11.7. The van der Waals surface area contributed by atoms with Gasteiger partial charge in [-0.15, -0.1) is 0 Å². The van der Waals surface area contributed by atoms with Crippen molar-refractivity contribution in [1.29, 1.82) is 0 Å². The van der Waals surface area contributed by atoms with Gasteiger partial charge < -0.3 is 11.1 Å². The highest BCUT2D eigenvalue weighted by Crippen LogP contribution is 2.36. The van der Waals surface area contributed by atoms with Crippen molar-refractivity contribution < 1.29 is 4.79 Å². The molecule has 8 heteroatoms. The Morgan fingerprint density at radius 1 is 1.50 bits per heavy atom. The van der Waals surface area contributed by atoms with Crippen LogP contribution in [-0.2, 0) is 11.8 Å². The fraction of sp³-hybridized carbons (Fsp3) is 0.500. The first-order chi connectivity index (χ1) is 9.49. The van der Waals surface area contributed by atoms with Crippen LogP contribution in [-0.4, -0.2) is 36.5 Å². The van der Waals surface area contributed by atoms with E-state index >= 15 is 0 Å². The van der Waals surface area contributed by atoms with Gasteiger partial charge in [-0.05, 0) is 13.8 Å². The molecule has 0 radical (unpaired) electrons. The molecular formula is C12H17N7O. The maximum absolute atomic E-state index is 11.9. The highest BCUT2D eigenvalue weighted by atomic mass is 16.1. The molecule has 8 nitrogen and oxygen atoms in total. The van der Waals surface area contributed by atoms with E-state index in [2.05, 4.69) is 20.5 Å². The molecule has 0 saturated carbocycles. The number of nitrogens with two attached hydrogens (primary N) is 1. The average Bonchev–Trinajstić information content (AvgIpc) is 2.93. The van der Waals surface area contributed by atoms with Crippen molar-refractivity contribution in [2.24, 2.45) is 18.7 Å². The van der Waals surface area contributed by atoms with Crippen molar-refractivity contribution in [3.63, 3.8) is 0 Å². The molecule has 3 atom stereocenters. The number of primary amides is 1. The molecule has 106 valence electrons. The molecule has 2 aromatic rings. The summed E-state index contributed by atoms with van der Waals surface area (Å²) >= 11 is 0. The number of aryl methyl sites for hydroxylation is 2. The number of fused-ring (bicyclic) bond motifs is 1. The van der Waals surface area contributed by atoms with Gasteiger partial charge in [0.1, 0.15) is 6.33 Å². The minimum absolute atomic E-state index is 0.117. The van der Waals surface area contributed by atoms with Crippen LogP contribution in [0.3, 0.4) is 0 Å². The van der Waals surface area contributed by atoms with Crippen LogP contribution in [0.4, 0.5) is 5.95 Å². The second-order valence-corrected chi connectivity index (χ2v) is 5.18. The van der Waals surface area contributed by atoms with Gasteiger partial charge in [-0.3, -0.25) is 9.48 Å². The quantitative estimate of drug-likeness (QED) is 0.791. The molecule has 0 aliphatic carbocycles. The minimum Gasteiger partial charge on any atom is -0.369 e. The number of anilines is 1. The summed E-state index contributed by atoms with van der Waals surface area (Å²) in [5.41, 5.74) is 7.40. The van der Waals surface area contributed by atoms with Crippen molar-refractivity contribution in [2.45, 2.75) is 25.9 Å². The average molecular weight is 275 g/mol. The van der Waals surface area contributed by atoms with Crippen LogP contribution in [0, 0.1) is 12.8 Å². The number of amides is 1. The van der Waals surface area contributed by atoms with Gasteiger partial charge in [0.05, 0.1) is 17.7 Å². The second kappa shape index (κ2) is 4.32. The normalized spacial score (nSPS) is 25.1. The molecule has 0 bridgehead atoms. The fourth-order valence-electron chi connectivity index (χ4n) is 2.91. The molecule has 1 amide bonds. The lowest BCUT2D eigenvalue weighted by Crippen LogP contribution is -2.47. The van der Waals surface area contributed by atoms with E-state index in [9.17, 15) is 4.79 Å². The lowest BCUT2D eigenvalue weighted by Gasteiger charge is -2.35. The Balaban J connectivity index is 2.18. The first kappa shape index (κ1) is 12.6. The van der Waals surface area contributed by atoms with E-state index in [1.807, 2.05) is 27.1 Å². The Labute approximate surface area is 116 Å². The van der Waals surface area contributed by atoms with Gasteiger partial charge in [0.25, 0.3) is 0 Å². The summed E-state index contributed by atoms with van der Waals surface area (Å²) in [7, 11) is 1.85. The van der Waals surface area contributed by atoms with Crippen LogP contribution < -0.4 is 11.1 Å². The summed E-state index contributed by atoms with van der Waals surface area (Å²) < 4.78 is 3.44. The molecule has 1 aliphatic heterocycles. The van der Waals surface area contributed by atoms with Crippen LogP contribution in [0.2, 0.25) is 0 Å². The predicted octanol–water partition coefficient (Wildman–Crippen LogP) is -0.175. The molecule has 20 heavy (non-hydrogen) atoms. The van der Waals surface area contributed by atoms with Crippen molar-refractivity contribution >= 4 is 11.9 Å². The van der Waals surface area contributed by atoms with E-state index < -0.39 is 5.92 Å². The van der Waals surface area contributed by atoms with Gasteiger partial charge in [0, 0.05) is 24.8 Å². The van der Waals surface area contributed by atoms with Gasteiger partial charge in [-0.2, -0.15) is 15.2 Å². The molecule has 3 rings (SSSR count). The maximum Gasteiger partial charge on any atom is 0.225 e. The van der Waals surface area contributed by atoms with Crippen molar-refractivity contribution in [2.75, 3.05) is 5.32 Å². The van der Waals surface area contributed by atoms with Crippen LogP contribution in [0.25, 0.3) is 0 Å². The van der Waals surface area contributed by atoms with Gasteiger partial charge in [-0.25, -0.2) is 4.68 Å². The largest absolute Gasteiger partial charge is 0.369 e. The van der Waals surface area contributed by atoms with Gasteiger partial charge in [-0.1, -0.05) is 0 Å². The number of rotatable bonds is 2. The standard InChI is InChI=1S/C12H17N7O/c1-6-8(4-18(3)17-6)10-9(11(13)20)7(2)16-12-14-5-15-19(10)12/h4-5,7,9-10H,1-3H3,(H2,13,20)(H,14,15,16)/t7-,9+,10-/m1/s1. The number of nitrogens with zero attached hydrogens (tertiary/aromatic N) is 5. The zero-order valence-corrected chi connectivity index (χ0v) is 11.6. The van der Waals surface area contributed by atoms with Crippen LogP contribution >= 0.6 is 0 Å². The number of carbonyl (C=O) groups excluding carboxylic acids is 1. The third-order valence-electron chi connectivity index (χ3n) is 3.77. The van der Waals surface area contributed by atoms with Gasteiger partial charge in [0.2, 0.25) is 11.9 Å². The topological polar surface area (TPSA) is 104 Å². The maximum atomic E-state index is 11.9. The molecule has 3 N–H and O–H groups in total.